The number of carbonyl (C=O) groups excluding carboxylic acids is 1. The van der Waals surface area contributed by atoms with Gasteiger partial charge in [-0.1, -0.05) is 0 Å². The highest BCUT2D eigenvalue weighted by molar-refractivity contribution is 9.10. The van der Waals surface area contributed by atoms with Crippen molar-refractivity contribution in [1.29, 1.82) is 0 Å². The van der Waals surface area contributed by atoms with Crippen molar-refractivity contribution in [3.63, 3.8) is 0 Å². The topological polar surface area (TPSA) is 96.4 Å². The molecular formula is C9H11BrN2O3. The molecule has 5 nitrogen and oxygen atoms in total. The maximum absolute atomic E-state index is 10.5. The van der Waals surface area contributed by atoms with E-state index >= 15 is 0 Å². The van der Waals surface area contributed by atoms with Crippen LogP contribution in [0.5, 0.6) is 0 Å². The zero-order valence-corrected chi connectivity index (χ0v) is 9.39. The van der Waals surface area contributed by atoms with Gasteiger partial charge in [0.2, 0.25) is 5.91 Å². The van der Waals surface area contributed by atoms with E-state index in [9.17, 15) is 15.0 Å². The summed E-state index contributed by atoms with van der Waals surface area (Å²) < 4.78 is 0.547. The van der Waals surface area contributed by atoms with Gasteiger partial charge in [-0.2, -0.15) is 0 Å². The molecule has 0 aliphatic rings. The molecule has 1 aromatic heterocycles. The summed E-state index contributed by atoms with van der Waals surface area (Å²) in [5, 5.41) is 19.1. The quantitative estimate of drug-likeness (QED) is 0.680. The van der Waals surface area contributed by atoms with E-state index in [1.165, 1.54) is 6.20 Å². The summed E-state index contributed by atoms with van der Waals surface area (Å²) in [6.07, 6.45) is -1.13. The molecule has 0 fully saturated rings. The van der Waals surface area contributed by atoms with Crippen LogP contribution in [0.1, 0.15) is 18.1 Å². The van der Waals surface area contributed by atoms with Crippen LogP contribution in [0.3, 0.4) is 0 Å². The van der Waals surface area contributed by atoms with E-state index in [2.05, 4.69) is 20.9 Å². The Kier molecular flexibility index (Phi) is 4.19. The summed E-state index contributed by atoms with van der Waals surface area (Å²) in [7, 11) is 0. The van der Waals surface area contributed by atoms with Gasteiger partial charge >= 0.3 is 0 Å². The minimum Gasteiger partial charge on any atom is -0.390 e. The summed E-state index contributed by atoms with van der Waals surface area (Å²) in [6, 6.07) is 3.12. The molecular weight excluding hydrogens is 264 g/mol. The zero-order valence-electron chi connectivity index (χ0n) is 7.80. The number of aliphatic hydroxyl groups is 2. The first-order chi connectivity index (χ1) is 7.00. The number of halogens is 1. The fraction of sp³-hybridized carbons (Fsp3) is 0.333. The third kappa shape index (κ3) is 3.58. The molecule has 1 rings (SSSR count). The molecule has 82 valence electrons. The normalized spacial score (nSPS) is 14.6. The number of aliphatic hydroxyl groups excluding tert-OH is 2. The Balaban J connectivity index is 2.75. The van der Waals surface area contributed by atoms with Crippen molar-refractivity contribution in [2.24, 2.45) is 5.73 Å². The van der Waals surface area contributed by atoms with Crippen LogP contribution in [0, 0.1) is 0 Å². The van der Waals surface area contributed by atoms with Gasteiger partial charge in [-0.15, -0.1) is 0 Å². The Hall–Kier alpha value is -0.980. The SMILES string of the molecule is NC(=O)CC(O)C(O)c1ccnc(Br)c1. The Morgan fingerprint density at radius 3 is 2.80 bits per heavy atom. The molecule has 1 heterocycles. The molecule has 0 aliphatic heterocycles. The van der Waals surface area contributed by atoms with Gasteiger partial charge in [-0.05, 0) is 33.6 Å². The van der Waals surface area contributed by atoms with Gasteiger partial charge in [0.25, 0.3) is 0 Å². The van der Waals surface area contributed by atoms with Crippen LogP contribution in [0.15, 0.2) is 22.9 Å². The molecule has 0 saturated carbocycles. The molecule has 0 aliphatic carbocycles. The molecule has 2 unspecified atom stereocenters. The summed E-state index contributed by atoms with van der Waals surface area (Å²) in [5.74, 6) is -0.658. The molecule has 0 radical (unpaired) electrons. The minimum atomic E-state index is -1.20. The fourth-order valence-corrected chi connectivity index (χ4v) is 1.52. The molecule has 1 amide bonds. The highest BCUT2D eigenvalue weighted by Crippen LogP contribution is 2.20. The predicted molar refractivity (Wildman–Crippen MR) is 56.7 cm³/mol. The van der Waals surface area contributed by atoms with E-state index in [0.29, 0.717) is 10.2 Å². The number of amides is 1. The average Bonchev–Trinajstić information content (AvgIpc) is 2.15. The third-order valence-electron chi connectivity index (χ3n) is 1.87. The van der Waals surface area contributed by atoms with Gasteiger partial charge in [-0.3, -0.25) is 4.79 Å². The molecule has 2 atom stereocenters. The van der Waals surface area contributed by atoms with Crippen molar-refractivity contribution in [2.45, 2.75) is 18.6 Å². The summed E-state index contributed by atoms with van der Waals surface area (Å²) >= 11 is 3.13. The second kappa shape index (κ2) is 5.20. The van der Waals surface area contributed by atoms with Crippen LogP contribution >= 0.6 is 15.9 Å². The lowest BCUT2D eigenvalue weighted by molar-refractivity contribution is -0.121. The second-order valence-electron chi connectivity index (χ2n) is 3.09. The van der Waals surface area contributed by atoms with Crippen LogP contribution in [0.25, 0.3) is 0 Å². The van der Waals surface area contributed by atoms with Crippen LogP contribution in [0.2, 0.25) is 0 Å². The van der Waals surface area contributed by atoms with Crippen LogP contribution in [-0.4, -0.2) is 27.2 Å². The summed E-state index contributed by atoms with van der Waals surface area (Å²) in [6.45, 7) is 0. The number of rotatable bonds is 4. The number of nitrogens with two attached hydrogens (primary N) is 1. The smallest absolute Gasteiger partial charge is 0.220 e. The van der Waals surface area contributed by atoms with Crippen molar-refractivity contribution >= 4 is 21.8 Å². The standard InChI is InChI=1S/C9H11BrN2O3/c10-7-3-5(1-2-12-7)9(15)6(13)4-8(11)14/h1-3,6,9,13,15H,4H2,(H2,11,14). The number of pyridine rings is 1. The number of hydrogen-bond donors (Lipinski definition) is 3. The second-order valence-corrected chi connectivity index (χ2v) is 3.91. The Morgan fingerprint density at radius 2 is 2.27 bits per heavy atom. The largest absolute Gasteiger partial charge is 0.390 e. The van der Waals surface area contributed by atoms with Gasteiger partial charge in [0.15, 0.2) is 0 Å². The molecule has 1 aromatic rings. The van der Waals surface area contributed by atoms with Gasteiger partial charge in [-0.25, -0.2) is 4.98 Å². The van der Waals surface area contributed by atoms with E-state index < -0.39 is 18.1 Å². The van der Waals surface area contributed by atoms with Gasteiger partial charge in [0.1, 0.15) is 10.7 Å². The van der Waals surface area contributed by atoms with Gasteiger partial charge in [0.05, 0.1) is 12.5 Å². The number of aromatic nitrogens is 1. The lowest BCUT2D eigenvalue weighted by Crippen LogP contribution is -2.25. The van der Waals surface area contributed by atoms with E-state index in [1.54, 1.807) is 12.1 Å². The summed E-state index contributed by atoms with van der Waals surface area (Å²) in [5.41, 5.74) is 5.38. The van der Waals surface area contributed by atoms with E-state index in [4.69, 9.17) is 5.73 Å². The summed E-state index contributed by atoms with van der Waals surface area (Å²) in [4.78, 5) is 14.4. The number of primary amides is 1. The van der Waals surface area contributed by atoms with Crippen LogP contribution in [-0.2, 0) is 4.79 Å². The first-order valence-corrected chi connectivity index (χ1v) is 5.06. The van der Waals surface area contributed by atoms with E-state index in [1.807, 2.05) is 0 Å². The van der Waals surface area contributed by atoms with Crippen molar-refractivity contribution in [3.05, 3.63) is 28.5 Å². The van der Waals surface area contributed by atoms with Crippen molar-refractivity contribution in [3.8, 4) is 0 Å². The molecule has 0 spiro atoms. The van der Waals surface area contributed by atoms with Crippen molar-refractivity contribution in [2.75, 3.05) is 0 Å². The first kappa shape index (κ1) is 12.1. The molecule has 0 bridgehead atoms. The third-order valence-corrected chi connectivity index (χ3v) is 2.30. The molecule has 4 N–H and O–H groups in total. The average molecular weight is 275 g/mol. The first-order valence-electron chi connectivity index (χ1n) is 4.26. The minimum absolute atomic E-state index is 0.277. The predicted octanol–water partition coefficient (Wildman–Crippen LogP) is 0.114. The monoisotopic (exact) mass is 274 g/mol. The molecule has 0 saturated heterocycles. The Labute approximate surface area is 95.1 Å². The maximum atomic E-state index is 10.5. The van der Waals surface area contributed by atoms with Crippen LogP contribution in [0.4, 0.5) is 0 Å². The van der Waals surface area contributed by atoms with Gasteiger partial charge < -0.3 is 15.9 Å². The number of nitrogens with zero attached hydrogens (tertiary/aromatic N) is 1. The zero-order chi connectivity index (χ0) is 11.4. The van der Waals surface area contributed by atoms with Gasteiger partial charge in [0, 0.05) is 6.20 Å². The Morgan fingerprint density at radius 1 is 1.60 bits per heavy atom. The van der Waals surface area contributed by atoms with E-state index in [0.717, 1.165) is 0 Å². The fourth-order valence-electron chi connectivity index (χ4n) is 1.14. The van der Waals surface area contributed by atoms with E-state index in [-0.39, 0.29) is 6.42 Å². The highest BCUT2D eigenvalue weighted by Gasteiger charge is 2.20. The van der Waals surface area contributed by atoms with Crippen LogP contribution < -0.4 is 5.73 Å². The highest BCUT2D eigenvalue weighted by atomic mass is 79.9. The molecule has 15 heavy (non-hydrogen) atoms. The number of hydrogen-bond acceptors (Lipinski definition) is 4. The lowest BCUT2D eigenvalue weighted by atomic mass is 10.0. The lowest BCUT2D eigenvalue weighted by Gasteiger charge is -2.16. The molecule has 0 aromatic carbocycles. The molecule has 6 heteroatoms. The van der Waals surface area contributed by atoms with Crippen molar-refractivity contribution in [1.82, 2.24) is 4.98 Å². The van der Waals surface area contributed by atoms with Crippen molar-refractivity contribution < 1.29 is 15.0 Å². The Bertz CT molecular complexity index is 359. The maximum Gasteiger partial charge on any atom is 0.220 e. The number of carbonyl (C=O) groups is 1.